The Morgan fingerprint density at radius 2 is 1.64 bits per heavy atom. The fourth-order valence-electron chi connectivity index (χ4n) is 0. The van der Waals surface area contributed by atoms with Gasteiger partial charge in [0.05, 0.1) is 5.71 Å². The lowest BCUT2D eigenvalue weighted by Gasteiger charge is -1.75. The summed E-state index contributed by atoms with van der Waals surface area (Å²) >= 11 is 0. The van der Waals surface area contributed by atoms with Crippen molar-refractivity contribution in [3.05, 3.63) is 12.6 Å². The summed E-state index contributed by atoms with van der Waals surface area (Å²) in [4.78, 5) is 0. The van der Waals surface area contributed by atoms with Gasteiger partial charge >= 0.3 is 7.12 Å². The zero-order valence-corrected chi connectivity index (χ0v) is 6.15. The normalized spacial score (nSPS) is 6.18. The van der Waals surface area contributed by atoms with Crippen LogP contribution in [0.4, 0.5) is 0 Å². The molecule has 0 aromatic heterocycles. The molecule has 0 aliphatic rings. The quantitative estimate of drug-likeness (QED) is 0.229. The third-order valence-electron chi connectivity index (χ3n) is 0.411. The second-order valence-electron chi connectivity index (χ2n) is 1.70. The molecule has 0 spiro atoms. The summed E-state index contributed by atoms with van der Waals surface area (Å²) in [5.74, 6) is 1.03. The van der Waals surface area contributed by atoms with E-state index in [9.17, 15) is 0 Å². The highest BCUT2D eigenvalue weighted by Gasteiger charge is 1.92. The Morgan fingerprint density at radius 3 is 1.64 bits per heavy atom. The Hall–Kier alpha value is -0.805. The summed E-state index contributed by atoms with van der Waals surface area (Å²) in [7, 11) is -1.35. The second-order valence-corrected chi connectivity index (χ2v) is 1.70. The molecule has 0 unspecified atom stereocenters. The number of nitrogens with zero attached hydrogens (tertiary/aromatic N) is 1. The van der Waals surface area contributed by atoms with Gasteiger partial charge in [-0.2, -0.15) is 0 Å². The van der Waals surface area contributed by atoms with E-state index in [4.69, 9.17) is 15.3 Å². The summed E-state index contributed by atoms with van der Waals surface area (Å²) in [5, 5.41) is 26.1. The Kier molecular flexibility index (Phi) is 18.1. The third-order valence-corrected chi connectivity index (χ3v) is 0.411. The summed E-state index contributed by atoms with van der Waals surface area (Å²) in [5.41, 5.74) is 0.685. The summed E-state index contributed by atoms with van der Waals surface area (Å²) in [6, 6.07) is 0. The molecule has 0 radical (unpaired) electrons. The van der Waals surface area contributed by atoms with Gasteiger partial charge in [-0.1, -0.05) is 18.6 Å². The van der Waals surface area contributed by atoms with Crippen LogP contribution in [-0.2, 0) is 0 Å². The van der Waals surface area contributed by atoms with Gasteiger partial charge in [0.25, 0.3) is 0 Å². The number of oxime groups is 1. The molecule has 0 saturated carbocycles. The molecule has 0 amide bonds. The molecule has 3 N–H and O–H groups in total. The van der Waals surface area contributed by atoms with Crippen LogP contribution in [0.15, 0.2) is 17.7 Å². The van der Waals surface area contributed by atoms with Crippen LogP contribution in [0.25, 0.3) is 0 Å². The number of rotatable bonds is 1. The first-order chi connectivity index (χ1) is 4.54. The van der Waals surface area contributed by atoms with Gasteiger partial charge in [-0.15, -0.1) is 6.58 Å². The molecule has 0 rings (SSSR count). The highest BCUT2D eigenvalue weighted by Crippen LogP contribution is 1.62. The molecule has 0 bridgehead atoms. The van der Waals surface area contributed by atoms with Crippen LogP contribution in [0, 0.1) is 0 Å². The van der Waals surface area contributed by atoms with Crippen molar-refractivity contribution in [2.75, 3.05) is 0 Å². The number of hydrogen-bond donors (Lipinski definition) is 3. The molecule has 0 aromatic carbocycles. The first-order valence-corrected chi connectivity index (χ1v) is 2.68. The van der Waals surface area contributed by atoms with Crippen LogP contribution in [0.5, 0.6) is 0 Å². The van der Waals surface area contributed by atoms with Crippen LogP contribution in [-0.4, -0.2) is 28.1 Å². The van der Waals surface area contributed by atoms with Crippen molar-refractivity contribution >= 4 is 12.8 Å². The van der Waals surface area contributed by atoms with E-state index in [1.807, 2.05) is 0 Å². The van der Waals surface area contributed by atoms with Crippen LogP contribution in [0.2, 0.25) is 0 Å². The Labute approximate surface area is 68.0 Å². The molecule has 0 heterocycles. The van der Waals surface area contributed by atoms with E-state index in [0.29, 0.717) is 5.71 Å². The van der Waals surface area contributed by atoms with Crippen molar-refractivity contribution in [1.82, 2.24) is 0 Å². The average molecular weight is 161 g/mol. The Morgan fingerprint density at radius 1 is 1.45 bits per heavy atom. The summed E-state index contributed by atoms with van der Waals surface area (Å²) < 4.78 is 0. The largest absolute Gasteiger partial charge is 0.480 e. The van der Waals surface area contributed by atoms with E-state index < -0.39 is 7.12 Å². The van der Waals surface area contributed by atoms with E-state index in [1.165, 1.54) is 0 Å². The Balaban J connectivity index is -0.000000107. The zero-order chi connectivity index (χ0) is 8.57. The summed E-state index contributed by atoms with van der Waals surface area (Å²) in [6.07, 6.45) is 0. The molecule has 0 atom stereocenters. The van der Waals surface area contributed by atoms with E-state index >= 15 is 0 Å². The maximum atomic E-state index is 7.80. The second kappa shape index (κ2) is 11.9. The predicted octanol–water partition coefficient (Wildman–Crippen LogP) is 0.677. The van der Waals surface area contributed by atoms with Gasteiger partial charge in [-0.25, -0.2) is 0 Å². The highest BCUT2D eigenvalue weighted by atomic mass is 16.4. The van der Waals surface area contributed by atoms with Crippen LogP contribution in [0.3, 0.4) is 0 Å². The van der Waals surface area contributed by atoms with Crippen molar-refractivity contribution < 1.29 is 15.3 Å². The van der Waals surface area contributed by atoms with Gasteiger partial charge < -0.3 is 15.3 Å². The van der Waals surface area contributed by atoms with Gasteiger partial charge in [-0.05, 0) is 13.8 Å². The zero-order valence-electron chi connectivity index (χ0n) is 6.15. The van der Waals surface area contributed by atoms with Crippen LogP contribution >= 0.6 is 0 Å². The van der Waals surface area contributed by atoms with E-state index in [2.05, 4.69) is 11.7 Å². The first kappa shape index (κ1) is 16.7. The predicted molar refractivity (Wildman–Crippen MR) is 47.7 cm³/mol. The van der Waals surface area contributed by atoms with Crippen molar-refractivity contribution in [2.45, 2.75) is 21.3 Å². The maximum absolute atomic E-state index is 7.80. The monoisotopic (exact) mass is 161 g/mol. The van der Waals surface area contributed by atoms with Gasteiger partial charge in [0.2, 0.25) is 0 Å². The number of hydrogen-bond acceptors (Lipinski definition) is 4. The topological polar surface area (TPSA) is 73.0 Å². The smallest absolute Gasteiger partial charge is 0.424 e. The molecule has 0 saturated heterocycles. The van der Waals surface area contributed by atoms with E-state index in [0.717, 1.165) is 5.98 Å². The highest BCUT2D eigenvalue weighted by molar-refractivity contribution is 6.47. The Bertz CT molecular complexity index is 110. The third kappa shape index (κ3) is 46.6. The maximum Gasteiger partial charge on any atom is 0.480 e. The molecule has 0 aromatic rings. The van der Waals surface area contributed by atoms with E-state index in [-0.39, 0.29) is 7.43 Å². The van der Waals surface area contributed by atoms with Crippen LogP contribution in [0.1, 0.15) is 21.3 Å². The lowest BCUT2D eigenvalue weighted by Crippen LogP contribution is -2.03. The minimum Gasteiger partial charge on any atom is -0.424 e. The molecule has 0 fully saturated rings. The molecular weight excluding hydrogens is 145 g/mol. The molecule has 5 heteroatoms. The lowest BCUT2D eigenvalue weighted by molar-refractivity contribution is 0.318. The molecule has 4 nitrogen and oxygen atoms in total. The molecular formula is C6H16BNO3. The van der Waals surface area contributed by atoms with Crippen molar-refractivity contribution in [3.63, 3.8) is 0 Å². The summed E-state index contributed by atoms with van der Waals surface area (Å²) in [6.45, 7) is 6.50. The van der Waals surface area contributed by atoms with Crippen molar-refractivity contribution in [3.8, 4) is 0 Å². The van der Waals surface area contributed by atoms with Gasteiger partial charge in [0, 0.05) is 0 Å². The average Bonchev–Trinajstić information content (AvgIpc) is 1.89. The minimum absolute atomic E-state index is 0. The van der Waals surface area contributed by atoms with E-state index in [1.54, 1.807) is 13.8 Å². The van der Waals surface area contributed by atoms with Gasteiger partial charge in [0.1, 0.15) is 0 Å². The van der Waals surface area contributed by atoms with Gasteiger partial charge in [-0.3, -0.25) is 0 Å². The molecule has 0 aliphatic carbocycles. The molecule has 11 heavy (non-hydrogen) atoms. The molecule has 66 valence electrons. The standard InChI is InChI=1S/C3H7NO.C2H5BO2.CH4/c1-3(2)4-5;1-2-3(4)5;/h5H,1-2H3;2,4-5H,1H2;1H4. The minimum atomic E-state index is -1.35. The van der Waals surface area contributed by atoms with Crippen molar-refractivity contribution in [2.24, 2.45) is 5.16 Å². The van der Waals surface area contributed by atoms with Crippen molar-refractivity contribution in [1.29, 1.82) is 0 Å². The van der Waals surface area contributed by atoms with Crippen LogP contribution < -0.4 is 0 Å². The lowest BCUT2D eigenvalue weighted by atomic mass is 9.94. The first-order valence-electron chi connectivity index (χ1n) is 2.68. The fourth-order valence-corrected chi connectivity index (χ4v) is 0. The fraction of sp³-hybridized carbons (Fsp3) is 0.500. The molecule has 0 aliphatic heterocycles. The SMILES string of the molecule is C.C=CB(O)O.CC(C)=NO. The van der Waals surface area contributed by atoms with Gasteiger partial charge in [0.15, 0.2) is 0 Å².